The second-order valence-electron chi connectivity index (χ2n) is 12.4. The summed E-state index contributed by atoms with van der Waals surface area (Å²) in [4.78, 5) is 55.1. The highest BCUT2D eigenvalue weighted by molar-refractivity contribution is 8.00. The van der Waals surface area contributed by atoms with Crippen LogP contribution in [0.1, 0.15) is 49.6 Å². The molecule has 1 atom stereocenters. The number of anilines is 2. The Morgan fingerprint density at radius 1 is 0.804 bits per heavy atom. The third-order valence-corrected chi connectivity index (χ3v) is 10.7. The molecule has 0 saturated heterocycles. The number of methoxy groups -OCH3 is 1. The molecular weight excluding hydrogens is 743 g/mol. The topological polar surface area (TPSA) is 123 Å². The van der Waals surface area contributed by atoms with E-state index in [1.54, 1.807) is 66.7 Å². The van der Waals surface area contributed by atoms with Gasteiger partial charge < -0.3 is 25.4 Å². The van der Waals surface area contributed by atoms with Crippen molar-refractivity contribution in [1.29, 1.82) is 0 Å². The lowest BCUT2D eigenvalue weighted by Gasteiger charge is -2.18. The Morgan fingerprint density at radius 3 is 2.21 bits per heavy atom. The standard InChI is InChI=1S/C45H39N3O6S2/c1-4-54-38-21-12-11-18-33(38)26-37(47-41(49)32-16-9-6-10-17-32)42(50)46-34-19-13-20-35(27-34)56-40(31-14-7-5-8-15-31)43(51)48-44-39(45(52)53-3)36(28-55-44)30-24-22-29(2)23-25-30/h5-28,40H,4H2,1-3H3,(H,46,50)(H,47,49)(H,48,51)/b37-26+. The van der Waals surface area contributed by atoms with E-state index in [1.165, 1.54) is 30.2 Å². The first-order valence-corrected chi connectivity index (χ1v) is 19.5. The molecule has 0 aliphatic rings. The highest BCUT2D eigenvalue weighted by Gasteiger charge is 2.27. The van der Waals surface area contributed by atoms with Crippen LogP contribution in [0.5, 0.6) is 5.75 Å². The van der Waals surface area contributed by atoms with Crippen LogP contribution in [0.25, 0.3) is 17.2 Å². The Balaban J connectivity index is 1.27. The van der Waals surface area contributed by atoms with Crippen molar-refractivity contribution in [2.24, 2.45) is 0 Å². The van der Waals surface area contributed by atoms with Crippen LogP contribution in [-0.2, 0) is 14.3 Å². The molecule has 6 rings (SSSR count). The molecule has 0 radical (unpaired) electrons. The number of para-hydroxylation sites is 1. The van der Waals surface area contributed by atoms with Gasteiger partial charge >= 0.3 is 5.97 Å². The molecule has 56 heavy (non-hydrogen) atoms. The molecule has 0 spiro atoms. The summed E-state index contributed by atoms with van der Waals surface area (Å²) < 4.78 is 10.9. The van der Waals surface area contributed by atoms with E-state index in [-0.39, 0.29) is 17.2 Å². The normalized spacial score (nSPS) is 11.6. The summed E-state index contributed by atoms with van der Waals surface area (Å²) in [5.74, 6) is -1.35. The summed E-state index contributed by atoms with van der Waals surface area (Å²) in [6.07, 6.45) is 1.58. The molecule has 6 aromatic rings. The lowest BCUT2D eigenvalue weighted by Crippen LogP contribution is -2.30. The number of hydrogen-bond acceptors (Lipinski definition) is 8. The number of carbonyl (C=O) groups excluding carboxylic acids is 4. The van der Waals surface area contributed by atoms with Crippen LogP contribution >= 0.6 is 23.1 Å². The number of hydrogen-bond donors (Lipinski definition) is 3. The molecule has 282 valence electrons. The third kappa shape index (κ3) is 9.81. The summed E-state index contributed by atoms with van der Waals surface area (Å²) in [7, 11) is 1.31. The van der Waals surface area contributed by atoms with Crippen molar-refractivity contribution < 1.29 is 28.7 Å². The van der Waals surface area contributed by atoms with Gasteiger partial charge in [-0.25, -0.2) is 4.79 Å². The monoisotopic (exact) mass is 781 g/mol. The first kappa shape index (κ1) is 39.3. The molecule has 0 saturated carbocycles. The largest absolute Gasteiger partial charge is 0.493 e. The van der Waals surface area contributed by atoms with Crippen LogP contribution in [0.2, 0.25) is 0 Å². The van der Waals surface area contributed by atoms with Gasteiger partial charge in [0.15, 0.2) is 0 Å². The van der Waals surface area contributed by atoms with Crippen LogP contribution in [0.3, 0.4) is 0 Å². The van der Waals surface area contributed by atoms with Gasteiger partial charge in [-0.15, -0.1) is 23.1 Å². The highest BCUT2D eigenvalue weighted by atomic mass is 32.2. The molecule has 1 aromatic heterocycles. The molecule has 3 amide bonds. The maximum Gasteiger partial charge on any atom is 0.341 e. The second kappa shape index (κ2) is 18.7. The number of thiophene rings is 1. The number of benzene rings is 5. The van der Waals surface area contributed by atoms with Gasteiger partial charge in [0.25, 0.3) is 11.8 Å². The lowest BCUT2D eigenvalue weighted by atomic mass is 10.0. The fraction of sp³-hybridized carbons (Fsp3) is 0.111. The van der Waals surface area contributed by atoms with E-state index >= 15 is 0 Å². The minimum atomic E-state index is -0.742. The number of aryl methyl sites for hydroxylation is 1. The van der Waals surface area contributed by atoms with E-state index < -0.39 is 23.0 Å². The van der Waals surface area contributed by atoms with Crippen LogP contribution in [-0.4, -0.2) is 37.4 Å². The summed E-state index contributed by atoms with van der Waals surface area (Å²) in [5, 5.41) is 10.2. The number of thioether (sulfide) groups is 1. The van der Waals surface area contributed by atoms with Crippen molar-refractivity contribution in [3.63, 3.8) is 0 Å². The molecule has 1 heterocycles. The highest BCUT2D eigenvalue weighted by Crippen LogP contribution is 2.40. The van der Waals surface area contributed by atoms with Gasteiger partial charge in [0.2, 0.25) is 5.91 Å². The first-order chi connectivity index (χ1) is 27.2. The van der Waals surface area contributed by atoms with Gasteiger partial charge in [0.1, 0.15) is 27.3 Å². The molecule has 0 aliphatic carbocycles. The Bertz CT molecular complexity index is 2360. The third-order valence-electron chi connectivity index (χ3n) is 8.51. The molecule has 5 aromatic carbocycles. The number of rotatable bonds is 14. The van der Waals surface area contributed by atoms with Gasteiger partial charge in [-0.1, -0.05) is 103 Å². The maximum atomic E-state index is 14.2. The molecule has 0 bridgehead atoms. The van der Waals surface area contributed by atoms with Crippen LogP contribution in [0.15, 0.2) is 149 Å². The summed E-state index contributed by atoms with van der Waals surface area (Å²) in [6.45, 7) is 4.27. The molecule has 0 fully saturated rings. The fourth-order valence-corrected chi connectivity index (χ4v) is 7.79. The maximum absolute atomic E-state index is 14.2. The van der Waals surface area contributed by atoms with E-state index in [2.05, 4.69) is 16.0 Å². The molecule has 3 N–H and O–H groups in total. The van der Waals surface area contributed by atoms with Crippen LogP contribution in [0.4, 0.5) is 10.7 Å². The second-order valence-corrected chi connectivity index (χ2v) is 14.5. The average Bonchev–Trinajstić information content (AvgIpc) is 3.64. The van der Waals surface area contributed by atoms with E-state index in [1.807, 2.05) is 92.0 Å². The van der Waals surface area contributed by atoms with Crippen molar-refractivity contribution >= 4 is 63.6 Å². The van der Waals surface area contributed by atoms with Crippen molar-refractivity contribution in [3.8, 4) is 16.9 Å². The van der Waals surface area contributed by atoms with Crippen LogP contribution in [0, 0.1) is 6.92 Å². The smallest absolute Gasteiger partial charge is 0.341 e. The molecule has 1 unspecified atom stereocenters. The number of nitrogens with one attached hydrogen (secondary N) is 3. The van der Waals surface area contributed by atoms with Crippen molar-refractivity contribution in [3.05, 3.63) is 172 Å². The van der Waals surface area contributed by atoms with Crippen molar-refractivity contribution in [2.45, 2.75) is 24.0 Å². The predicted octanol–water partition coefficient (Wildman–Crippen LogP) is 9.79. The minimum Gasteiger partial charge on any atom is -0.493 e. The van der Waals surface area contributed by atoms with E-state index in [9.17, 15) is 19.2 Å². The molecule has 0 aliphatic heterocycles. The number of ether oxygens (including phenoxy) is 2. The average molecular weight is 782 g/mol. The van der Waals surface area contributed by atoms with Gasteiger partial charge in [-0.05, 0) is 67.4 Å². The first-order valence-electron chi connectivity index (χ1n) is 17.7. The van der Waals surface area contributed by atoms with E-state index in [4.69, 9.17) is 9.47 Å². The van der Waals surface area contributed by atoms with E-state index in [0.717, 1.165) is 16.7 Å². The Morgan fingerprint density at radius 2 is 1.50 bits per heavy atom. The fourth-order valence-electron chi connectivity index (χ4n) is 5.74. The van der Waals surface area contributed by atoms with Gasteiger partial charge in [0, 0.05) is 32.7 Å². The van der Waals surface area contributed by atoms with E-state index in [0.29, 0.717) is 44.6 Å². The SMILES string of the molecule is CCOc1ccccc1/C=C(/NC(=O)c1ccccc1)C(=O)Nc1cccc(SC(C(=O)Nc2scc(-c3ccc(C)cc3)c2C(=O)OC)c2ccccc2)c1. The van der Waals surface area contributed by atoms with Gasteiger partial charge in [0.05, 0.1) is 13.7 Å². The minimum absolute atomic E-state index is 0.00738. The molecule has 11 heteroatoms. The Labute approximate surface area is 333 Å². The number of carbonyl (C=O) groups is 4. The Hall–Kier alpha value is -6.43. The zero-order chi connectivity index (χ0) is 39.4. The zero-order valence-corrected chi connectivity index (χ0v) is 32.5. The lowest BCUT2D eigenvalue weighted by molar-refractivity contribution is -0.116. The summed E-state index contributed by atoms with van der Waals surface area (Å²) in [5.41, 5.74) is 5.05. The molecule has 9 nitrogen and oxygen atoms in total. The zero-order valence-electron chi connectivity index (χ0n) is 30.9. The number of esters is 1. The Kier molecular flexibility index (Phi) is 13.1. The predicted molar refractivity (Wildman–Crippen MR) is 224 cm³/mol. The summed E-state index contributed by atoms with van der Waals surface area (Å²) in [6, 6.07) is 40.1. The van der Waals surface area contributed by atoms with Gasteiger partial charge in [-0.3, -0.25) is 14.4 Å². The quantitative estimate of drug-likeness (QED) is 0.0572. The number of amides is 3. The van der Waals surface area contributed by atoms with Crippen molar-refractivity contribution in [1.82, 2.24) is 5.32 Å². The van der Waals surface area contributed by atoms with Crippen molar-refractivity contribution in [2.75, 3.05) is 24.4 Å². The van der Waals surface area contributed by atoms with Crippen LogP contribution < -0.4 is 20.7 Å². The summed E-state index contributed by atoms with van der Waals surface area (Å²) >= 11 is 2.54. The molecular formula is C45H39N3O6S2. The van der Waals surface area contributed by atoms with Gasteiger partial charge in [-0.2, -0.15) is 0 Å².